The minimum Gasteiger partial charge on any atom is -0.493 e. The summed E-state index contributed by atoms with van der Waals surface area (Å²) in [5.74, 6) is -0.553. The van der Waals surface area contributed by atoms with Gasteiger partial charge in [-0.3, -0.25) is 14.4 Å². The van der Waals surface area contributed by atoms with Gasteiger partial charge in [0.1, 0.15) is 0 Å². The fourth-order valence-corrected chi connectivity index (χ4v) is 5.04. The van der Waals surface area contributed by atoms with Gasteiger partial charge in [-0.25, -0.2) is 0 Å². The van der Waals surface area contributed by atoms with Crippen molar-refractivity contribution in [2.75, 3.05) is 27.9 Å². The minimum atomic E-state index is -1.21. The van der Waals surface area contributed by atoms with Crippen LogP contribution in [0.25, 0.3) is 0 Å². The third kappa shape index (κ3) is 5.11. The number of methoxy groups -OCH3 is 3. The van der Waals surface area contributed by atoms with Crippen molar-refractivity contribution in [2.24, 2.45) is 16.2 Å². The summed E-state index contributed by atoms with van der Waals surface area (Å²) >= 11 is 0. The van der Waals surface area contributed by atoms with Crippen molar-refractivity contribution in [1.29, 1.82) is 0 Å². The molecule has 1 aromatic rings. The predicted octanol–water partition coefficient (Wildman–Crippen LogP) is 2.82. The highest BCUT2D eigenvalue weighted by Crippen LogP contribution is 2.55. The van der Waals surface area contributed by atoms with Gasteiger partial charge in [0.15, 0.2) is 11.5 Å². The fourth-order valence-electron chi connectivity index (χ4n) is 5.04. The van der Waals surface area contributed by atoms with Gasteiger partial charge >= 0.3 is 11.9 Å². The summed E-state index contributed by atoms with van der Waals surface area (Å²) in [5.41, 5.74) is -2.33. The molecule has 8 heteroatoms. The molecule has 1 saturated carbocycles. The van der Waals surface area contributed by atoms with Crippen molar-refractivity contribution in [1.82, 2.24) is 5.32 Å². The van der Waals surface area contributed by atoms with Crippen LogP contribution in [0.4, 0.5) is 0 Å². The molecule has 0 radical (unpaired) electrons. The SMILES string of the molecule is COC(=O)[C@@]1(C)C[C@@](C)(C(=O)O)C[C@@](C)(C(=O)NCCc2ccc(OC)c(OC)c2)C1. The van der Waals surface area contributed by atoms with E-state index < -0.39 is 28.2 Å². The molecule has 1 aliphatic carbocycles. The Kier molecular flexibility index (Phi) is 7.24. The molecule has 0 bridgehead atoms. The van der Waals surface area contributed by atoms with E-state index in [0.29, 0.717) is 24.5 Å². The molecule has 2 rings (SSSR count). The predicted molar refractivity (Wildman–Crippen MR) is 114 cm³/mol. The van der Waals surface area contributed by atoms with Crippen LogP contribution in [0.15, 0.2) is 18.2 Å². The second kappa shape index (κ2) is 9.16. The van der Waals surface area contributed by atoms with Crippen LogP contribution in [-0.4, -0.2) is 50.8 Å². The second-order valence-electron chi connectivity index (χ2n) is 9.20. The number of aliphatic carboxylic acids is 1. The van der Waals surface area contributed by atoms with Crippen LogP contribution in [0.3, 0.4) is 0 Å². The molecule has 1 aliphatic rings. The highest BCUT2D eigenvalue weighted by Gasteiger charge is 2.58. The Morgan fingerprint density at radius 2 is 1.52 bits per heavy atom. The Morgan fingerprint density at radius 1 is 0.935 bits per heavy atom. The maximum atomic E-state index is 13.1. The van der Waals surface area contributed by atoms with Crippen molar-refractivity contribution in [3.05, 3.63) is 23.8 Å². The topological polar surface area (TPSA) is 111 Å². The summed E-state index contributed by atoms with van der Waals surface area (Å²) < 4.78 is 15.5. The van der Waals surface area contributed by atoms with E-state index in [1.54, 1.807) is 41.1 Å². The number of esters is 1. The molecule has 1 amide bonds. The summed E-state index contributed by atoms with van der Waals surface area (Å²) in [5, 5.41) is 12.7. The number of amides is 1. The monoisotopic (exact) mass is 435 g/mol. The van der Waals surface area contributed by atoms with Crippen LogP contribution in [0.5, 0.6) is 11.5 Å². The van der Waals surface area contributed by atoms with Crippen molar-refractivity contribution in [3.8, 4) is 11.5 Å². The lowest BCUT2D eigenvalue weighted by Gasteiger charge is -2.48. The summed E-state index contributed by atoms with van der Waals surface area (Å²) in [7, 11) is 4.40. The van der Waals surface area contributed by atoms with Gasteiger partial charge in [-0.1, -0.05) is 13.0 Å². The van der Waals surface area contributed by atoms with Gasteiger partial charge in [-0.15, -0.1) is 0 Å². The van der Waals surface area contributed by atoms with E-state index in [9.17, 15) is 19.5 Å². The van der Waals surface area contributed by atoms with Crippen molar-refractivity contribution >= 4 is 17.8 Å². The van der Waals surface area contributed by atoms with Crippen molar-refractivity contribution < 1.29 is 33.7 Å². The lowest BCUT2D eigenvalue weighted by molar-refractivity contribution is -0.171. The molecule has 3 atom stereocenters. The first kappa shape index (κ1) is 24.5. The summed E-state index contributed by atoms with van der Waals surface area (Å²) in [6, 6.07) is 5.55. The molecule has 31 heavy (non-hydrogen) atoms. The number of nitrogens with one attached hydrogen (secondary N) is 1. The number of carboxylic acids is 1. The number of ether oxygens (including phenoxy) is 3. The molecule has 1 fully saturated rings. The molecule has 1 aromatic carbocycles. The number of benzene rings is 1. The van der Waals surface area contributed by atoms with Crippen LogP contribution in [0.1, 0.15) is 45.6 Å². The van der Waals surface area contributed by atoms with Gasteiger partial charge in [0, 0.05) is 12.0 Å². The smallest absolute Gasteiger partial charge is 0.311 e. The first-order valence-electron chi connectivity index (χ1n) is 10.2. The van der Waals surface area contributed by atoms with Crippen molar-refractivity contribution in [3.63, 3.8) is 0 Å². The number of rotatable bonds is 8. The van der Waals surface area contributed by atoms with E-state index >= 15 is 0 Å². The highest BCUT2D eigenvalue weighted by molar-refractivity contribution is 5.87. The summed E-state index contributed by atoms with van der Waals surface area (Å²) in [4.78, 5) is 37.6. The number of carbonyl (C=O) groups is 3. The molecule has 8 nitrogen and oxygen atoms in total. The standard InChI is InChI=1S/C23H33NO7/c1-21(12-22(2,19(26)27)14-23(3,13-21)20(28)31-6)18(25)24-10-9-15-7-8-16(29-4)17(11-15)30-5/h7-8,11H,9-10,12-14H2,1-6H3,(H,24,25)(H,26,27)/t21-,22+,23-/m1/s1. The van der Waals surface area contributed by atoms with E-state index in [4.69, 9.17) is 14.2 Å². The van der Waals surface area contributed by atoms with Crippen LogP contribution in [0.2, 0.25) is 0 Å². The van der Waals surface area contributed by atoms with E-state index in [0.717, 1.165) is 5.56 Å². The lowest BCUT2D eigenvalue weighted by Crippen LogP contribution is -2.54. The van der Waals surface area contributed by atoms with E-state index in [2.05, 4.69) is 5.32 Å². The minimum absolute atomic E-state index is 0.122. The molecule has 0 aliphatic heterocycles. The van der Waals surface area contributed by atoms with Crippen LogP contribution in [0, 0.1) is 16.2 Å². The van der Waals surface area contributed by atoms with Gasteiger partial charge in [0.05, 0.1) is 32.2 Å². The van der Waals surface area contributed by atoms with Crippen LogP contribution >= 0.6 is 0 Å². The number of carboxylic acid groups (broad SMARTS) is 1. The first-order chi connectivity index (χ1) is 14.4. The van der Waals surface area contributed by atoms with Gasteiger partial charge in [-0.2, -0.15) is 0 Å². The van der Waals surface area contributed by atoms with Crippen LogP contribution < -0.4 is 14.8 Å². The fraction of sp³-hybridized carbons (Fsp3) is 0.609. The second-order valence-corrected chi connectivity index (χ2v) is 9.20. The molecule has 0 aromatic heterocycles. The average Bonchev–Trinajstić information content (AvgIpc) is 2.71. The lowest BCUT2D eigenvalue weighted by atomic mass is 9.54. The zero-order valence-electron chi connectivity index (χ0n) is 19.2. The zero-order chi connectivity index (χ0) is 23.4. The Balaban J connectivity index is 2.15. The van der Waals surface area contributed by atoms with E-state index in [1.807, 2.05) is 12.1 Å². The number of hydrogen-bond donors (Lipinski definition) is 2. The van der Waals surface area contributed by atoms with Gasteiger partial charge < -0.3 is 24.6 Å². The van der Waals surface area contributed by atoms with Gasteiger partial charge in [-0.05, 0) is 57.2 Å². The molecular formula is C23H33NO7. The Hall–Kier alpha value is -2.77. The normalized spacial score (nSPS) is 27.8. The van der Waals surface area contributed by atoms with Gasteiger partial charge in [0.25, 0.3) is 0 Å². The first-order valence-corrected chi connectivity index (χ1v) is 10.2. The Labute approximate surface area is 183 Å². The average molecular weight is 436 g/mol. The zero-order valence-corrected chi connectivity index (χ0v) is 19.2. The van der Waals surface area contributed by atoms with Gasteiger partial charge in [0.2, 0.25) is 5.91 Å². The highest BCUT2D eigenvalue weighted by atomic mass is 16.5. The summed E-state index contributed by atoms with van der Waals surface area (Å²) in [6.45, 7) is 5.35. The molecule has 0 spiro atoms. The molecule has 172 valence electrons. The molecule has 0 heterocycles. The molecule has 0 saturated heterocycles. The largest absolute Gasteiger partial charge is 0.493 e. The van der Waals surface area contributed by atoms with Crippen LogP contribution in [-0.2, 0) is 25.5 Å². The maximum absolute atomic E-state index is 13.1. The van der Waals surface area contributed by atoms with E-state index in [1.165, 1.54) is 7.11 Å². The van der Waals surface area contributed by atoms with Crippen molar-refractivity contribution in [2.45, 2.75) is 46.5 Å². The molecule has 0 unspecified atom stereocenters. The number of carbonyl (C=O) groups excluding carboxylic acids is 2. The maximum Gasteiger partial charge on any atom is 0.311 e. The Morgan fingerprint density at radius 3 is 2.06 bits per heavy atom. The number of hydrogen-bond acceptors (Lipinski definition) is 6. The molecule has 2 N–H and O–H groups in total. The quantitative estimate of drug-likeness (QED) is 0.604. The third-order valence-electron chi connectivity index (χ3n) is 6.23. The third-order valence-corrected chi connectivity index (χ3v) is 6.23. The van der Waals surface area contributed by atoms with E-state index in [-0.39, 0.29) is 25.2 Å². The Bertz CT molecular complexity index is 854. The molecular weight excluding hydrogens is 402 g/mol. The summed E-state index contributed by atoms with van der Waals surface area (Å²) in [6.07, 6.45) is 1.05.